The van der Waals surface area contributed by atoms with Crippen molar-refractivity contribution in [2.75, 3.05) is 38.1 Å². The minimum Gasteiger partial charge on any atom is -0.370 e. The van der Waals surface area contributed by atoms with E-state index in [1.165, 1.54) is 36.4 Å². The Morgan fingerprint density at radius 1 is 0.973 bits per heavy atom. The Morgan fingerprint density at radius 2 is 1.57 bits per heavy atom. The monoisotopic (exact) mass is 528 g/mol. The van der Waals surface area contributed by atoms with Gasteiger partial charge >= 0.3 is 12.4 Å². The van der Waals surface area contributed by atoms with Gasteiger partial charge in [0.05, 0.1) is 11.1 Å². The van der Waals surface area contributed by atoms with Crippen molar-refractivity contribution in [2.45, 2.75) is 33.1 Å². The van der Waals surface area contributed by atoms with Crippen molar-refractivity contribution in [1.29, 1.82) is 0 Å². The molecule has 3 aliphatic heterocycles. The Labute approximate surface area is 212 Å². The van der Waals surface area contributed by atoms with Gasteiger partial charge in [-0.1, -0.05) is 32.1 Å². The topological polar surface area (TPSA) is 39.2 Å². The molecule has 0 aliphatic carbocycles. The summed E-state index contributed by atoms with van der Waals surface area (Å²) in [4.78, 5) is 21.9. The summed E-state index contributed by atoms with van der Waals surface area (Å²) < 4.78 is 79.6. The first-order valence-corrected chi connectivity index (χ1v) is 12.0. The number of para-hydroxylation sites is 1. The highest BCUT2D eigenvalue weighted by Crippen LogP contribution is 2.41. The van der Waals surface area contributed by atoms with Crippen molar-refractivity contribution < 1.29 is 31.1 Å². The van der Waals surface area contributed by atoms with Crippen molar-refractivity contribution in [2.24, 2.45) is 16.8 Å². The number of hydrogen-bond acceptors (Lipinski definition) is 3. The molecule has 0 radical (unpaired) electrons. The van der Waals surface area contributed by atoms with Crippen LogP contribution >= 0.6 is 0 Å². The van der Waals surface area contributed by atoms with Gasteiger partial charge in [0.15, 0.2) is 5.84 Å². The maximum atomic E-state index is 13.4. The van der Waals surface area contributed by atoms with Crippen LogP contribution < -0.4 is 4.90 Å². The van der Waals surface area contributed by atoms with Crippen LogP contribution in [0.2, 0.25) is 0 Å². The van der Waals surface area contributed by atoms with Crippen LogP contribution in [0.4, 0.5) is 32.0 Å². The van der Waals surface area contributed by atoms with Gasteiger partial charge in [0.25, 0.3) is 5.91 Å². The third-order valence-corrected chi connectivity index (χ3v) is 6.56. The quantitative estimate of drug-likeness (QED) is 0.260. The number of aliphatic imine (C=N–C) groups is 1. The molecule has 0 bridgehead atoms. The predicted molar refractivity (Wildman–Crippen MR) is 131 cm³/mol. The minimum absolute atomic E-state index is 0.0202. The van der Waals surface area contributed by atoms with Gasteiger partial charge in [-0.25, -0.2) is 0 Å². The third-order valence-electron chi connectivity index (χ3n) is 6.56. The van der Waals surface area contributed by atoms with E-state index in [1.54, 1.807) is 22.8 Å². The number of alkyl halides is 6. The summed E-state index contributed by atoms with van der Waals surface area (Å²) in [6.45, 7) is 6.99. The van der Waals surface area contributed by atoms with Crippen molar-refractivity contribution in [3.05, 3.63) is 65.5 Å². The maximum Gasteiger partial charge on any atom is 0.418 e. The van der Waals surface area contributed by atoms with Gasteiger partial charge < -0.3 is 9.80 Å². The van der Waals surface area contributed by atoms with E-state index in [1.807, 2.05) is 13.8 Å². The lowest BCUT2D eigenvalue weighted by Gasteiger charge is -2.30. The van der Waals surface area contributed by atoms with Gasteiger partial charge in [0.1, 0.15) is 0 Å². The van der Waals surface area contributed by atoms with E-state index in [2.05, 4.69) is 4.99 Å². The molecule has 3 heterocycles. The number of likely N-dealkylation sites (tertiary alicyclic amines) is 1. The van der Waals surface area contributed by atoms with E-state index in [-0.39, 0.29) is 29.1 Å². The molecular weight excluding hydrogens is 498 g/mol. The number of benzene rings is 1. The number of amides is 1. The number of nitrogens with zero attached hydrogens (tertiary/aromatic N) is 4. The predicted octanol–water partition coefficient (Wildman–Crippen LogP) is 5.88. The second-order valence-corrected chi connectivity index (χ2v) is 8.69. The molecule has 1 aromatic rings. The molecule has 1 aromatic carbocycles. The Bertz CT molecular complexity index is 1100. The second-order valence-electron chi connectivity index (χ2n) is 8.69. The fraction of sp³-hybridized carbons (Fsp3) is 0.462. The summed E-state index contributed by atoms with van der Waals surface area (Å²) in [6.07, 6.45) is -4.51. The number of rotatable bonds is 1. The van der Waals surface area contributed by atoms with Crippen LogP contribution in [0.5, 0.6) is 0 Å². The number of carbonyl (C=O) groups excluding carboxylic acids is 1. The van der Waals surface area contributed by atoms with Gasteiger partial charge in [-0.3, -0.25) is 14.7 Å². The summed E-state index contributed by atoms with van der Waals surface area (Å²) in [5.41, 5.74) is -1.22. The van der Waals surface area contributed by atoms with E-state index in [0.29, 0.717) is 26.2 Å². The molecule has 37 heavy (non-hydrogen) atoms. The molecule has 2 saturated heterocycles. The van der Waals surface area contributed by atoms with E-state index in [4.69, 9.17) is 0 Å². The lowest BCUT2D eigenvalue weighted by atomic mass is 10.0. The van der Waals surface area contributed by atoms with Gasteiger partial charge in [-0.05, 0) is 31.2 Å². The molecule has 0 unspecified atom stereocenters. The first kappa shape index (κ1) is 28.3. The molecule has 202 valence electrons. The molecule has 1 amide bonds. The number of allylic oxidation sites excluding steroid dienone is 4. The van der Waals surface area contributed by atoms with E-state index >= 15 is 0 Å². The molecule has 0 saturated carbocycles. The molecule has 0 N–H and O–H groups in total. The van der Waals surface area contributed by atoms with Crippen LogP contribution in [-0.4, -0.2) is 60.9 Å². The average molecular weight is 529 g/mol. The van der Waals surface area contributed by atoms with Crippen molar-refractivity contribution in [3.63, 3.8) is 0 Å². The zero-order chi connectivity index (χ0) is 27.5. The molecule has 0 aromatic heterocycles. The maximum absolute atomic E-state index is 13.4. The minimum atomic E-state index is -4.52. The third kappa shape index (κ3) is 5.86. The fourth-order valence-electron chi connectivity index (χ4n) is 4.90. The highest BCUT2D eigenvalue weighted by atomic mass is 19.4. The Kier molecular flexibility index (Phi) is 8.44. The normalized spacial score (nSPS) is 23.2. The van der Waals surface area contributed by atoms with Crippen LogP contribution in [0.1, 0.15) is 26.3 Å². The van der Waals surface area contributed by atoms with Gasteiger partial charge in [0, 0.05) is 62.6 Å². The van der Waals surface area contributed by atoms with Crippen molar-refractivity contribution >= 4 is 17.4 Å². The Hall–Kier alpha value is -3.24. The first-order valence-electron chi connectivity index (χ1n) is 12.0. The largest absolute Gasteiger partial charge is 0.418 e. The molecule has 4 rings (SSSR count). The van der Waals surface area contributed by atoms with Crippen LogP contribution in [0.25, 0.3) is 0 Å². The fourth-order valence-corrected chi connectivity index (χ4v) is 4.90. The lowest BCUT2D eigenvalue weighted by molar-refractivity contribution is -0.137. The number of anilines is 1. The van der Waals surface area contributed by atoms with E-state index in [0.717, 1.165) is 18.2 Å². The lowest BCUT2D eigenvalue weighted by Crippen LogP contribution is -2.44. The Balaban J connectivity index is 0.00000186. The van der Waals surface area contributed by atoms with Gasteiger partial charge in [0.2, 0.25) is 0 Å². The van der Waals surface area contributed by atoms with Gasteiger partial charge in [-0.15, -0.1) is 0 Å². The summed E-state index contributed by atoms with van der Waals surface area (Å²) >= 11 is 0. The molecule has 5 nitrogen and oxygen atoms in total. The first-order chi connectivity index (χ1) is 17.4. The Morgan fingerprint density at radius 3 is 2.08 bits per heavy atom. The highest BCUT2D eigenvalue weighted by Gasteiger charge is 2.45. The summed E-state index contributed by atoms with van der Waals surface area (Å²) in [7, 11) is 1.39. The zero-order valence-electron chi connectivity index (χ0n) is 21.1. The number of amidine groups is 1. The smallest absolute Gasteiger partial charge is 0.370 e. The summed E-state index contributed by atoms with van der Waals surface area (Å²) in [5, 5.41) is 0. The summed E-state index contributed by atoms with van der Waals surface area (Å²) in [6, 6.07) is 5.45. The zero-order valence-corrected chi connectivity index (χ0v) is 21.1. The van der Waals surface area contributed by atoms with Crippen LogP contribution in [0, 0.1) is 11.8 Å². The van der Waals surface area contributed by atoms with Gasteiger partial charge in [-0.2, -0.15) is 26.3 Å². The van der Waals surface area contributed by atoms with E-state index in [9.17, 15) is 31.1 Å². The van der Waals surface area contributed by atoms with Crippen LogP contribution in [-0.2, 0) is 11.0 Å². The number of fused-ring (bicyclic) bond motifs is 1. The molecule has 3 aliphatic rings. The van der Waals surface area contributed by atoms with Crippen molar-refractivity contribution in [1.82, 2.24) is 9.80 Å². The molecule has 2 fully saturated rings. The van der Waals surface area contributed by atoms with Crippen LogP contribution in [0.15, 0.2) is 65.0 Å². The molecule has 2 atom stereocenters. The van der Waals surface area contributed by atoms with Crippen molar-refractivity contribution in [3.8, 4) is 0 Å². The van der Waals surface area contributed by atoms with E-state index < -0.39 is 29.4 Å². The molecular formula is C26H30F6N4O. The number of halogens is 6. The second kappa shape index (κ2) is 11.0. The molecule has 11 heteroatoms. The highest BCUT2D eigenvalue weighted by molar-refractivity contribution is 6.38. The number of hydrogen-bond donors (Lipinski definition) is 0. The van der Waals surface area contributed by atoms with Crippen LogP contribution in [0.3, 0.4) is 0 Å². The molecule has 0 spiro atoms. The summed E-state index contributed by atoms with van der Waals surface area (Å²) in [5.74, 6) is -0.496. The average Bonchev–Trinajstić information content (AvgIpc) is 3.44. The number of carbonyl (C=O) groups is 1. The SMILES string of the molecule is C/C=C1/C=C(C(F)(F)F)C=CN1C(=NC)C(=O)N1C[C@@H]2CN(c3ccccc3C(F)(F)F)C[C@@H]2C1.CC. The standard InChI is InChI=1S/C24H24F6N4O.C2H6/c1-3-18-10-17(23(25,26)27)8-9-34(18)21(31-2)22(35)33-13-15-11-32(12-16(15)14-33)20-7-5-4-6-19(20)24(28,29)30;1-2/h3-10,15-16H,11-14H2,1-2H3;1-2H3/b18-3-,31-21?;/t15-,16+;.